The van der Waals surface area contributed by atoms with Crippen molar-refractivity contribution in [2.45, 2.75) is 26.3 Å². The van der Waals surface area contributed by atoms with Gasteiger partial charge >= 0.3 is 0 Å². The first-order valence-electron chi connectivity index (χ1n) is 13.0. The standard InChI is InChI=1S/C28H28N10O3/c29-27-7-1-19-13-23(3-5-25(19)31-27)40-17-22-16-37(35-34-22)10-12-39-11-9-21-15-38(36-33-21)18-41-24-4-6-26-20(14-24)2-8-28(30)32-26/h1-8,13-16H,9-12,17-18H2,(H2,29,31)(H2,30,32). The van der Waals surface area contributed by atoms with Crippen LogP contribution in [0.4, 0.5) is 11.6 Å². The molecule has 4 aromatic heterocycles. The van der Waals surface area contributed by atoms with Gasteiger partial charge in [0.25, 0.3) is 0 Å². The number of pyridine rings is 2. The molecule has 0 spiro atoms. The first-order valence-corrected chi connectivity index (χ1v) is 13.0. The van der Waals surface area contributed by atoms with Gasteiger partial charge in [-0.1, -0.05) is 10.4 Å². The highest BCUT2D eigenvalue weighted by molar-refractivity contribution is 5.82. The summed E-state index contributed by atoms with van der Waals surface area (Å²) in [4.78, 5) is 8.58. The van der Waals surface area contributed by atoms with Crippen molar-refractivity contribution in [3.63, 3.8) is 0 Å². The van der Waals surface area contributed by atoms with E-state index in [9.17, 15) is 0 Å². The molecule has 0 aliphatic carbocycles. The van der Waals surface area contributed by atoms with E-state index in [1.54, 1.807) is 21.5 Å². The number of anilines is 2. The molecule has 0 atom stereocenters. The summed E-state index contributed by atoms with van der Waals surface area (Å²) in [5, 5.41) is 18.6. The highest BCUT2D eigenvalue weighted by Gasteiger charge is 2.06. The fourth-order valence-corrected chi connectivity index (χ4v) is 4.18. The predicted octanol–water partition coefficient (Wildman–Crippen LogP) is 3.01. The maximum absolute atomic E-state index is 5.86. The second kappa shape index (κ2) is 11.8. The molecule has 2 aromatic carbocycles. The van der Waals surface area contributed by atoms with E-state index < -0.39 is 0 Å². The Kier molecular flexibility index (Phi) is 7.49. The molecular weight excluding hydrogens is 524 g/mol. The molecule has 6 aromatic rings. The Morgan fingerprint density at radius 1 is 0.659 bits per heavy atom. The van der Waals surface area contributed by atoms with Crippen LogP contribution in [-0.2, 0) is 31.0 Å². The lowest BCUT2D eigenvalue weighted by Gasteiger charge is -2.07. The van der Waals surface area contributed by atoms with Crippen molar-refractivity contribution in [2.24, 2.45) is 0 Å². The molecule has 0 fully saturated rings. The van der Waals surface area contributed by atoms with E-state index in [4.69, 9.17) is 25.7 Å². The lowest BCUT2D eigenvalue weighted by molar-refractivity contribution is 0.125. The Labute approximate surface area is 234 Å². The second-order valence-electron chi connectivity index (χ2n) is 9.33. The molecule has 13 nitrogen and oxygen atoms in total. The van der Waals surface area contributed by atoms with Gasteiger partial charge in [-0.25, -0.2) is 19.3 Å². The third-order valence-electron chi connectivity index (χ3n) is 6.25. The highest BCUT2D eigenvalue weighted by Crippen LogP contribution is 2.22. The van der Waals surface area contributed by atoms with Crippen LogP contribution in [-0.4, -0.2) is 53.2 Å². The number of rotatable bonds is 12. The molecule has 0 aliphatic heterocycles. The zero-order chi connectivity index (χ0) is 28.0. The number of nitrogen functional groups attached to an aromatic ring is 2. The SMILES string of the molecule is Nc1ccc2cc(OCc3cn(CCOCCc4cn(COc5ccc6nc(N)ccc6c5)nn4)nn3)ccc2n1. The van der Waals surface area contributed by atoms with Gasteiger partial charge in [0.15, 0.2) is 6.73 Å². The summed E-state index contributed by atoms with van der Waals surface area (Å²) in [5.41, 5.74) is 14.7. The molecule has 0 unspecified atom stereocenters. The van der Waals surface area contributed by atoms with Crippen LogP contribution in [0.15, 0.2) is 73.1 Å². The molecule has 0 bridgehead atoms. The van der Waals surface area contributed by atoms with Crippen molar-refractivity contribution in [3.05, 3.63) is 84.4 Å². The van der Waals surface area contributed by atoms with Crippen molar-refractivity contribution < 1.29 is 14.2 Å². The van der Waals surface area contributed by atoms with Crippen LogP contribution in [0.5, 0.6) is 11.5 Å². The van der Waals surface area contributed by atoms with Crippen molar-refractivity contribution >= 4 is 33.4 Å². The number of aromatic nitrogens is 8. The largest absolute Gasteiger partial charge is 0.487 e. The molecular formula is C28H28N10O3. The molecule has 4 heterocycles. The number of benzene rings is 2. The number of nitrogens with zero attached hydrogens (tertiary/aromatic N) is 8. The zero-order valence-corrected chi connectivity index (χ0v) is 22.1. The minimum atomic E-state index is 0.243. The van der Waals surface area contributed by atoms with Crippen LogP contribution in [0.25, 0.3) is 21.8 Å². The lowest BCUT2D eigenvalue weighted by atomic mass is 10.2. The first kappa shape index (κ1) is 26.0. The first-order chi connectivity index (χ1) is 20.1. The Hall–Kier alpha value is -5.30. The van der Waals surface area contributed by atoms with Gasteiger partial charge < -0.3 is 25.7 Å². The molecule has 0 radical (unpaired) electrons. The number of hydrogen-bond donors (Lipinski definition) is 2. The third kappa shape index (κ3) is 6.65. The Morgan fingerprint density at radius 3 is 2.02 bits per heavy atom. The molecule has 0 amide bonds. The molecule has 4 N–H and O–H groups in total. The predicted molar refractivity (Wildman–Crippen MR) is 152 cm³/mol. The third-order valence-corrected chi connectivity index (χ3v) is 6.25. The molecule has 208 valence electrons. The number of hydrogen-bond acceptors (Lipinski definition) is 11. The van der Waals surface area contributed by atoms with Crippen molar-refractivity contribution in [3.8, 4) is 11.5 Å². The Balaban J connectivity index is 0.896. The number of nitrogens with two attached hydrogens (primary N) is 2. The maximum atomic E-state index is 5.86. The molecule has 0 saturated heterocycles. The molecule has 0 aliphatic rings. The fraction of sp³-hybridized carbons (Fsp3) is 0.214. The fourth-order valence-electron chi connectivity index (χ4n) is 4.18. The van der Waals surface area contributed by atoms with E-state index >= 15 is 0 Å². The molecule has 41 heavy (non-hydrogen) atoms. The van der Waals surface area contributed by atoms with E-state index in [1.807, 2.05) is 60.9 Å². The van der Waals surface area contributed by atoms with E-state index in [0.717, 1.165) is 38.9 Å². The summed E-state index contributed by atoms with van der Waals surface area (Å²) >= 11 is 0. The van der Waals surface area contributed by atoms with Gasteiger partial charge in [0.05, 0.1) is 48.9 Å². The second-order valence-corrected chi connectivity index (χ2v) is 9.33. The average molecular weight is 553 g/mol. The summed E-state index contributed by atoms with van der Waals surface area (Å²) in [6.45, 7) is 2.12. The molecule has 6 rings (SSSR count). The van der Waals surface area contributed by atoms with Crippen LogP contribution < -0.4 is 20.9 Å². The summed E-state index contributed by atoms with van der Waals surface area (Å²) in [5.74, 6) is 2.42. The van der Waals surface area contributed by atoms with Crippen LogP contribution in [0, 0.1) is 0 Å². The van der Waals surface area contributed by atoms with Gasteiger partial charge in [0.2, 0.25) is 0 Å². The van der Waals surface area contributed by atoms with Crippen molar-refractivity contribution in [2.75, 3.05) is 24.7 Å². The van der Waals surface area contributed by atoms with E-state index in [1.165, 1.54) is 0 Å². The van der Waals surface area contributed by atoms with E-state index in [2.05, 4.69) is 30.6 Å². The maximum Gasteiger partial charge on any atom is 0.182 e. The monoisotopic (exact) mass is 552 g/mol. The van der Waals surface area contributed by atoms with Gasteiger partial charge in [0, 0.05) is 17.2 Å². The highest BCUT2D eigenvalue weighted by atomic mass is 16.5. The summed E-state index contributed by atoms with van der Waals surface area (Å²) in [6, 6.07) is 18.7. The van der Waals surface area contributed by atoms with E-state index in [0.29, 0.717) is 50.2 Å². The van der Waals surface area contributed by atoms with Crippen LogP contribution in [0.1, 0.15) is 11.4 Å². The lowest BCUT2D eigenvalue weighted by Crippen LogP contribution is -2.08. The molecule has 0 saturated carbocycles. The average Bonchev–Trinajstić information content (AvgIpc) is 3.64. The summed E-state index contributed by atoms with van der Waals surface area (Å²) in [6.07, 6.45) is 4.32. The van der Waals surface area contributed by atoms with Crippen molar-refractivity contribution in [1.29, 1.82) is 0 Å². The summed E-state index contributed by atoms with van der Waals surface area (Å²) in [7, 11) is 0. The van der Waals surface area contributed by atoms with Crippen molar-refractivity contribution in [1.82, 2.24) is 40.0 Å². The zero-order valence-electron chi connectivity index (χ0n) is 22.1. The van der Waals surface area contributed by atoms with Crippen LogP contribution >= 0.6 is 0 Å². The van der Waals surface area contributed by atoms with E-state index in [-0.39, 0.29) is 6.73 Å². The Bertz CT molecular complexity index is 1650. The van der Waals surface area contributed by atoms with Crippen LogP contribution in [0.3, 0.4) is 0 Å². The molecule has 13 heteroatoms. The quantitative estimate of drug-likeness (QED) is 0.214. The minimum absolute atomic E-state index is 0.243. The minimum Gasteiger partial charge on any atom is -0.487 e. The van der Waals surface area contributed by atoms with Gasteiger partial charge in [0.1, 0.15) is 35.4 Å². The Morgan fingerprint density at radius 2 is 1.29 bits per heavy atom. The van der Waals surface area contributed by atoms with Gasteiger partial charge in [-0.15, -0.1) is 10.2 Å². The number of ether oxygens (including phenoxy) is 3. The normalized spacial score (nSPS) is 11.3. The summed E-state index contributed by atoms with van der Waals surface area (Å²) < 4.78 is 20.8. The van der Waals surface area contributed by atoms with Crippen LogP contribution in [0.2, 0.25) is 0 Å². The van der Waals surface area contributed by atoms with Gasteiger partial charge in [-0.2, -0.15) is 0 Å². The smallest absolute Gasteiger partial charge is 0.182 e. The van der Waals surface area contributed by atoms with Gasteiger partial charge in [-0.05, 0) is 60.7 Å². The van der Waals surface area contributed by atoms with Gasteiger partial charge in [-0.3, -0.25) is 0 Å². The topological polar surface area (TPSA) is 167 Å². The number of fused-ring (bicyclic) bond motifs is 2.